The van der Waals surface area contributed by atoms with E-state index in [-0.39, 0.29) is 12.3 Å². The standard InChI is InChI=1S/C20H22N2O4/c1-14(23)19(22-12-4-5-13-22)24-15-8-10-16(11-9-15)25-20-21-17-6-2-3-7-18(17)26-20/h2-3,6-11,14,19,23H,4-5,12-13H2,1H3. The Morgan fingerprint density at radius 1 is 1.04 bits per heavy atom. The highest BCUT2D eigenvalue weighted by Gasteiger charge is 2.27. The minimum absolute atomic E-state index is 0.207. The van der Waals surface area contributed by atoms with Crippen LogP contribution in [-0.2, 0) is 0 Å². The Kier molecular flexibility index (Phi) is 4.77. The molecule has 6 nitrogen and oxygen atoms in total. The van der Waals surface area contributed by atoms with Gasteiger partial charge < -0.3 is 19.0 Å². The lowest BCUT2D eigenvalue weighted by molar-refractivity contribution is -0.0476. The monoisotopic (exact) mass is 354 g/mol. The van der Waals surface area contributed by atoms with Crippen LogP contribution in [0.1, 0.15) is 19.8 Å². The number of aromatic nitrogens is 1. The molecule has 2 atom stereocenters. The number of para-hydroxylation sites is 2. The first-order chi connectivity index (χ1) is 12.7. The van der Waals surface area contributed by atoms with Crippen molar-refractivity contribution in [1.82, 2.24) is 9.88 Å². The Labute approximate surface area is 152 Å². The topological polar surface area (TPSA) is 68.0 Å². The van der Waals surface area contributed by atoms with E-state index in [1.165, 1.54) is 0 Å². The lowest BCUT2D eigenvalue weighted by atomic mass is 10.3. The van der Waals surface area contributed by atoms with Crippen molar-refractivity contribution >= 4 is 11.1 Å². The molecule has 4 rings (SSSR count). The highest BCUT2D eigenvalue weighted by Crippen LogP contribution is 2.27. The summed E-state index contributed by atoms with van der Waals surface area (Å²) in [5, 5.41) is 10.0. The Balaban J connectivity index is 1.44. The predicted octanol–water partition coefficient (Wildman–Crippen LogP) is 3.80. The Bertz CT molecular complexity index is 821. The first-order valence-electron chi connectivity index (χ1n) is 8.91. The zero-order valence-corrected chi connectivity index (χ0v) is 14.7. The molecule has 1 aliphatic heterocycles. The van der Waals surface area contributed by atoms with Gasteiger partial charge in [0.25, 0.3) is 0 Å². The molecule has 0 amide bonds. The summed E-state index contributed by atoms with van der Waals surface area (Å²) in [5.74, 6) is 1.30. The van der Waals surface area contributed by atoms with E-state index in [1.807, 2.05) is 36.4 Å². The Morgan fingerprint density at radius 2 is 1.73 bits per heavy atom. The van der Waals surface area contributed by atoms with Gasteiger partial charge in [-0.25, -0.2) is 0 Å². The van der Waals surface area contributed by atoms with Crippen molar-refractivity contribution in [2.24, 2.45) is 0 Å². The number of hydrogen-bond donors (Lipinski definition) is 1. The maximum atomic E-state index is 10.0. The van der Waals surface area contributed by atoms with Crippen LogP contribution in [0.25, 0.3) is 11.1 Å². The molecule has 1 aliphatic rings. The van der Waals surface area contributed by atoms with E-state index in [0.29, 0.717) is 17.1 Å². The molecule has 2 heterocycles. The highest BCUT2D eigenvalue weighted by molar-refractivity contribution is 5.72. The van der Waals surface area contributed by atoms with Gasteiger partial charge in [0.15, 0.2) is 11.8 Å². The van der Waals surface area contributed by atoms with Gasteiger partial charge in [-0.1, -0.05) is 12.1 Å². The molecule has 2 aromatic carbocycles. The van der Waals surface area contributed by atoms with Crippen LogP contribution in [0.5, 0.6) is 17.6 Å². The molecule has 0 spiro atoms. The summed E-state index contributed by atoms with van der Waals surface area (Å²) in [6.07, 6.45) is 1.59. The van der Waals surface area contributed by atoms with E-state index < -0.39 is 6.10 Å². The molecule has 1 fully saturated rings. The van der Waals surface area contributed by atoms with Crippen LogP contribution in [0.4, 0.5) is 0 Å². The molecule has 0 aliphatic carbocycles. The number of benzene rings is 2. The largest absolute Gasteiger partial charge is 0.472 e. The summed E-state index contributed by atoms with van der Waals surface area (Å²) in [6.45, 7) is 3.66. The minimum atomic E-state index is -0.566. The fourth-order valence-corrected chi connectivity index (χ4v) is 3.20. The number of fused-ring (bicyclic) bond motifs is 1. The Morgan fingerprint density at radius 3 is 2.42 bits per heavy atom. The molecular formula is C20H22N2O4. The lowest BCUT2D eigenvalue weighted by Gasteiger charge is -2.30. The summed E-state index contributed by atoms with van der Waals surface area (Å²) < 4.78 is 17.2. The first kappa shape index (κ1) is 16.9. The molecule has 26 heavy (non-hydrogen) atoms. The molecule has 0 radical (unpaired) electrons. The van der Waals surface area contributed by atoms with Crippen LogP contribution in [0.3, 0.4) is 0 Å². The maximum Gasteiger partial charge on any atom is 0.400 e. The lowest BCUT2D eigenvalue weighted by Crippen LogP contribution is -2.44. The maximum absolute atomic E-state index is 10.0. The van der Waals surface area contributed by atoms with E-state index in [9.17, 15) is 5.11 Å². The predicted molar refractivity (Wildman–Crippen MR) is 97.4 cm³/mol. The third-order valence-corrected chi connectivity index (χ3v) is 4.47. The van der Waals surface area contributed by atoms with Gasteiger partial charge in [-0.2, -0.15) is 4.98 Å². The van der Waals surface area contributed by atoms with Gasteiger partial charge in [0.05, 0.1) is 0 Å². The number of ether oxygens (including phenoxy) is 2. The molecule has 0 bridgehead atoms. The van der Waals surface area contributed by atoms with Crippen molar-refractivity contribution in [2.75, 3.05) is 13.1 Å². The third kappa shape index (κ3) is 3.66. The fraction of sp³-hybridized carbons (Fsp3) is 0.350. The SMILES string of the molecule is CC(O)C(Oc1ccc(Oc2nc3ccccc3o2)cc1)N1CCCC1. The number of aliphatic hydroxyl groups excluding tert-OH is 1. The highest BCUT2D eigenvalue weighted by atomic mass is 16.6. The van der Waals surface area contributed by atoms with Gasteiger partial charge in [0.1, 0.15) is 23.1 Å². The van der Waals surface area contributed by atoms with E-state index in [1.54, 1.807) is 19.1 Å². The number of rotatable bonds is 6. The summed E-state index contributed by atoms with van der Waals surface area (Å²) >= 11 is 0. The van der Waals surface area contributed by atoms with Crippen molar-refractivity contribution in [3.63, 3.8) is 0 Å². The average molecular weight is 354 g/mol. The molecule has 1 N–H and O–H groups in total. The number of nitrogens with zero attached hydrogens (tertiary/aromatic N) is 2. The summed E-state index contributed by atoms with van der Waals surface area (Å²) in [5.41, 5.74) is 1.45. The van der Waals surface area contributed by atoms with Gasteiger partial charge in [-0.15, -0.1) is 0 Å². The minimum Gasteiger partial charge on any atom is -0.472 e. The molecule has 136 valence electrons. The summed E-state index contributed by atoms with van der Waals surface area (Å²) in [7, 11) is 0. The van der Waals surface area contributed by atoms with Crippen LogP contribution in [0.2, 0.25) is 0 Å². The number of hydrogen-bond acceptors (Lipinski definition) is 6. The van der Waals surface area contributed by atoms with E-state index in [0.717, 1.165) is 31.4 Å². The second-order valence-electron chi connectivity index (χ2n) is 6.51. The van der Waals surface area contributed by atoms with Crippen LogP contribution in [-0.4, -0.2) is 40.4 Å². The van der Waals surface area contributed by atoms with Gasteiger partial charge >= 0.3 is 6.08 Å². The fourth-order valence-electron chi connectivity index (χ4n) is 3.20. The first-order valence-corrected chi connectivity index (χ1v) is 8.91. The van der Waals surface area contributed by atoms with Gasteiger partial charge in [-0.05, 0) is 56.2 Å². The zero-order chi connectivity index (χ0) is 17.9. The molecule has 1 aromatic heterocycles. The van der Waals surface area contributed by atoms with Crippen molar-refractivity contribution < 1.29 is 19.0 Å². The zero-order valence-electron chi connectivity index (χ0n) is 14.7. The van der Waals surface area contributed by atoms with Crippen LogP contribution >= 0.6 is 0 Å². The normalized spacial score (nSPS) is 17.3. The summed E-state index contributed by atoms with van der Waals surface area (Å²) in [4.78, 5) is 6.47. The number of oxazole rings is 1. The van der Waals surface area contributed by atoms with E-state index >= 15 is 0 Å². The smallest absolute Gasteiger partial charge is 0.400 e. The van der Waals surface area contributed by atoms with Crippen LogP contribution in [0.15, 0.2) is 52.9 Å². The molecule has 6 heteroatoms. The van der Waals surface area contributed by atoms with Crippen LogP contribution in [0, 0.1) is 0 Å². The van der Waals surface area contributed by atoms with E-state index in [2.05, 4.69) is 9.88 Å². The number of aliphatic hydroxyl groups is 1. The van der Waals surface area contributed by atoms with Crippen molar-refractivity contribution in [2.45, 2.75) is 32.1 Å². The Hall–Kier alpha value is -2.57. The van der Waals surface area contributed by atoms with Crippen molar-refractivity contribution in [3.05, 3.63) is 48.5 Å². The van der Waals surface area contributed by atoms with Crippen molar-refractivity contribution in [3.8, 4) is 17.6 Å². The quantitative estimate of drug-likeness (QED) is 0.726. The average Bonchev–Trinajstić information content (AvgIpc) is 3.30. The molecule has 0 saturated carbocycles. The third-order valence-electron chi connectivity index (χ3n) is 4.47. The number of likely N-dealkylation sites (tertiary alicyclic amines) is 1. The van der Waals surface area contributed by atoms with E-state index in [4.69, 9.17) is 13.9 Å². The van der Waals surface area contributed by atoms with Gasteiger partial charge in [-0.3, -0.25) is 4.90 Å². The molecule has 3 aromatic rings. The van der Waals surface area contributed by atoms with Crippen molar-refractivity contribution in [1.29, 1.82) is 0 Å². The molecule has 2 unspecified atom stereocenters. The van der Waals surface area contributed by atoms with Crippen LogP contribution < -0.4 is 9.47 Å². The summed E-state index contributed by atoms with van der Waals surface area (Å²) in [6, 6.07) is 14.8. The second-order valence-corrected chi connectivity index (χ2v) is 6.51. The molecular weight excluding hydrogens is 332 g/mol. The second kappa shape index (κ2) is 7.35. The molecule has 1 saturated heterocycles. The van der Waals surface area contributed by atoms with Gasteiger partial charge in [0.2, 0.25) is 0 Å². The van der Waals surface area contributed by atoms with Gasteiger partial charge in [0, 0.05) is 13.1 Å².